The summed E-state index contributed by atoms with van der Waals surface area (Å²) in [5.74, 6) is 0.743. The van der Waals surface area contributed by atoms with Crippen LogP contribution in [-0.4, -0.2) is 30.8 Å². The molecule has 3 nitrogen and oxygen atoms in total. The number of aryl methyl sites for hydroxylation is 1. The Labute approximate surface area is 114 Å². The maximum atomic E-state index is 5.47. The lowest BCUT2D eigenvalue weighted by Crippen LogP contribution is -2.41. The van der Waals surface area contributed by atoms with E-state index < -0.39 is 0 Å². The van der Waals surface area contributed by atoms with Gasteiger partial charge in [-0.05, 0) is 38.6 Å². The minimum atomic E-state index is 0.565. The maximum Gasteiger partial charge on any atom is 0.0897 e. The van der Waals surface area contributed by atoms with Crippen LogP contribution in [0.2, 0.25) is 0 Å². The van der Waals surface area contributed by atoms with Gasteiger partial charge in [-0.1, -0.05) is 6.92 Å². The second kappa shape index (κ2) is 7.22. The molecular weight excluding hydrogens is 244 g/mol. The summed E-state index contributed by atoms with van der Waals surface area (Å²) in [7, 11) is 0. The van der Waals surface area contributed by atoms with Crippen LogP contribution < -0.4 is 5.32 Å². The number of ether oxygens (including phenoxy) is 1. The van der Waals surface area contributed by atoms with E-state index in [1.165, 1.54) is 30.0 Å². The molecule has 0 saturated carbocycles. The molecule has 0 amide bonds. The molecule has 0 aromatic carbocycles. The van der Waals surface area contributed by atoms with Gasteiger partial charge >= 0.3 is 0 Å². The zero-order valence-electron chi connectivity index (χ0n) is 11.4. The summed E-state index contributed by atoms with van der Waals surface area (Å²) in [6.45, 7) is 7.25. The lowest BCUT2D eigenvalue weighted by Gasteiger charge is -2.30. The monoisotopic (exact) mass is 268 g/mol. The highest BCUT2D eigenvalue weighted by atomic mass is 32.1. The standard InChI is InChI=1S/C14H24N2OS/c1-3-6-15-14(12-4-7-17-8-5-12)9-13-10-18-11(2)16-13/h10,12,14-15H,3-9H2,1-2H3. The number of rotatable bonds is 6. The number of hydrogen-bond acceptors (Lipinski definition) is 4. The number of aromatic nitrogens is 1. The molecule has 4 heteroatoms. The van der Waals surface area contributed by atoms with Gasteiger partial charge in [-0.25, -0.2) is 4.98 Å². The average molecular weight is 268 g/mol. The highest BCUT2D eigenvalue weighted by Gasteiger charge is 2.24. The lowest BCUT2D eigenvalue weighted by atomic mass is 9.89. The molecule has 0 spiro atoms. The predicted molar refractivity (Wildman–Crippen MR) is 76.2 cm³/mol. The summed E-state index contributed by atoms with van der Waals surface area (Å²) >= 11 is 1.75. The molecule has 1 N–H and O–H groups in total. The van der Waals surface area contributed by atoms with Crippen molar-refractivity contribution < 1.29 is 4.74 Å². The minimum absolute atomic E-state index is 0.565. The van der Waals surface area contributed by atoms with Crippen molar-refractivity contribution >= 4 is 11.3 Å². The van der Waals surface area contributed by atoms with Gasteiger partial charge in [0.2, 0.25) is 0 Å². The first kappa shape index (κ1) is 14.0. The number of nitrogens with zero attached hydrogens (tertiary/aromatic N) is 1. The van der Waals surface area contributed by atoms with Crippen molar-refractivity contribution in [2.75, 3.05) is 19.8 Å². The molecule has 0 radical (unpaired) electrons. The van der Waals surface area contributed by atoms with Crippen molar-refractivity contribution in [2.24, 2.45) is 5.92 Å². The molecular formula is C14H24N2OS. The van der Waals surface area contributed by atoms with Gasteiger partial charge in [0.15, 0.2) is 0 Å². The van der Waals surface area contributed by atoms with E-state index in [-0.39, 0.29) is 0 Å². The molecule has 102 valence electrons. The van der Waals surface area contributed by atoms with Crippen LogP contribution in [0.4, 0.5) is 0 Å². The third-order valence-corrected chi connectivity index (χ3v) is 4.41. The Bertz CT molecular complexity index is 347. The van der Waals surface area contributed by atoms with E-state index in [9.17, 15) is 0 Å². The van der Waals surface area contributed by atoms with E-state index in [2.05, 4.69) is 29.5 Å². The zero-order chi connectivity index (χ0) is 12.8. The first-order chi connectivity index (χ1) is 8.79. The SMILES string of the molecule is CCCNC(Cc1csc(C)n1)C1CCOCC1. The molecule has 18 heavy (non-hydrogen) atoms. The summed E-state index contributed by atoms with van der Waals surface area (Å²) < 4.78 is 5.47. The van der Waals surface area contributed by atoms with Gasteiger partial charge < -0.3 is 10.1 Å². The van der Waals surface area contributed by atoms with Crippen molar-refractivity contribution in [1.82, 2.24) is 10.3 Å². The second-order valence-electron chi connectivity index (χ2n) is 5.07. The third kappa shape index (κ3) is 4.04. The molecule has 1 aliphatic rings. The molecule has 0 aliphatic carbocycles. The first-order valence-corrected chi connectivity index (χ1v) is 7.89. The Morgan fingerprint density at radius 3 is 2.89 bits per heavy atom. The largest absolute Gasteiger partial charge is 0.381 e. The second-order valence-corrected chi connectivity index (χ2v) is 6.13. The molecule has 1 saturated heterocycles. The van der Waals surface area contributed by atoms with Crippen molar-refractivity contribution in [3.8, 4) is 0 Å². The molecule has 1 unspecified atom stereocenters. The van der Waals surface area contributed by atoms with Crippen LogP contribution in [0.25, 0.3) is 0 Å². The Morgan fingerprint density at radius 1 is 1.50 bits per heavy atom. The molecule has 1 atom stereocenters. The van der Waals surface area contributed by atoms with Crippen LogP contribution in [0, 0.1) is 12.8 Å². The summed E-state index contributed by atoms with van der Waals surface area (Å²) in [5.41, 5.74) is 1.25. The van der Waals surface area contributed by atoms with Crippen LogP contribution >= 0.6 is 11.3 Å². The topological polar surface area (TPSA) is 34.2 Å². The number of hydrogen-bond donors (Lipinski definition) is 1. The van der Waals surface area contributed by atoms with Gasteiger partial charge in [0, 0.05) is 31.1 Å². The lowest BCUT2D eigenvalue weighted by molar-refractivity contribution is 0.0536. The predicted octanol–water partition coefficient (Wildman–Crippen LogP) is 2.79. The highest BCUT2D eigenvalue weighted by Crippen LogP contribution is 2.22. The van der Waals surface area contributed by atoms with E-state index in [0.717, 1.165) is 32.1 Å². The van der Waals surface area contributed by atoms with E-state index in [4.69, 9.17) is 4.74 Å². The highest BCUT2D eigenvalue weighted by molar-refractivity contribution is 7.09. The first-order valence-electron chi connectivity index (χ1n) is 7.01. The fourth-order valence-corrected chi connectivity index (χ4v) is 3.21. The average Bonchev–Trinajstić information content (AvgIpc) is 2.81. The fourth-order valence-electron chi connectivity index (χ4n) is 2.58. The summed E-state index contributed by atoms with van der Waals surface area (Å²) in [5, 5.41) is 7.08. The third-order valence-electron chi connectivity index (χ3n) is 3.59. The van der Waals surface area contributed by atoms with Crippen molar-refractivity contribution in [3.05, 3.63) is 16.1 Å². The molecule has 1 aliphatic heterocycles. The van der Waals surface area contributed by atoms with Crippen LogP contribution in [0.3, 0.4) is 0 Å². The smallest absolute Gasteiger partial charge is 0.0897 e. The summed E-state index contributed by atoms with van der Waals surface area (Å²) in [6, 6.07) is 0.565. The van der Waals surface area contributed by atoms with Crippen LogP contribution in [-0.2, 0) is 11.2 Å². The number of nitrogens with one attached hydrogen (secondary N) is 1. The summed E-state index contributed by atoms with van der Waals surface area (Å²) in [6.07, 6.45) is 4.62. The van der Waals surface area contributed by atoms with Crippen LogP contribution in [0.5, 0.6) is 0 Å². The number of thiazole rings is 1. The normalized spacial score (nSPS) is 19.0. The van der Waals surface area contributed by atoms with Gasteiger partial charge in [0.25, 0.3) is 0 Å². The van der Waals surface area contributed by atoms with Gasteiger partial charge in [-0.15, -0.1) is 11.3 Å². The van der Waals surface area contributed by atoms with Gasteiger partial charge in [0.05, 0.1) is 10.7 Å². The molecule has 0 bridgehead atoms. The Kier molecular flexibility index (Phi) is 5.60. The van der Waals surface area contributed by atoms with Crippen molar-refractivity contribution in [3.63, 3.8) is 0 Å². The Hall–Kier alpha value is -0.450. The Balaban J connectivity index is 1.94. The van der Waals surface area contributed by atoms with Gasteiger partial charge in [-0.3, -0.25) is 0 Å². The Morgan fingerprint density at radius 2 is 2.28 bits per heavy atom. The van der Waals surface area contributed by atoms with E-state index in [1.807, 2.05) is 0 Å². The summed E-state index contributed by atoms with van der Waals surface area (Å²) in [4.78, 5) is 4.60. The van der Waals surface area contributed by atoms with Crippen LogP contribution in [0.15, 0.2) is 5.38 Å². The molecule has 1 aromatic rings. The van der Waals surface area contributed by atoms with Gasteiger partial charge in [-0.2, -0.15) is 0 Å². The molecule has 1 fully saturated rings. The minimum Gasteiger partial charge on any atom is -0.381 e. The van der Waals surface area contributed by atoms with Crippen LogP contribution in [0.1, 0.15) is 36.9 Å². The van der Waals surface area contributed by atoms with Gasteiger partial charge in [0.1, 0.15) is 0 Å². The van der Waals surface area contributed by atoms with Crippen molar-refractivity contribution in [2.45, 2.75) is 45.6 Å². The van der Waals surface area contributed by atoms with E-state index >= 15 is 0 Å². The molecule has 2 rings (SSSR count). The van der Waals surface area contributed by atoms with E-state index in [1.54, 1.807) is 11.3 Å². The maximum absolute atomic E-state index is 5.47. The van der Waals surface area contributed by atoms with E-state index in [0.29, 0.717) is 6.04 Å². The quantitative estimate of drug-likeness (QED) is 0.861. The zero-order valence-corrected chi connectivity index (χ0v) is 12.3. The molecule has 2 heterocycles. The molecule has 1 aromatic heterocycles. The fraction of sp³-hybridized carbons (Fsp3) is 0.786. The van der Waals surface area contributed by atoms with Crippen molar-refractivity contribution in [1.29, 1.82) is 0 Å².